The molecule has 0 spiro atoms. The molecule has 124 valence electrons. The molecule has 0 atom stereocenters. The fraction of sp³-hybridized carbons (Fsp3) is 0.438. The average molecular weight is 324 g/mol. The first-order valence-corrected chi connectivity index (χ1v) is 7.42. The SMILES string of the molecule is NC12CCC(NC(=O)COc3ccc(F)c(F)c3)(C=C1O)CC2. The second-order valence-corrected chi connectivity index (χ2v) is 6.25. The number of ether oxygens (including phenoxy) is 1. The van der Waals surface area contributed by atoms with Crippen LogP contribution in [-0.4, -0.2) is 28.7 Å². The van der Waals surface area contributed by atoms with Gasteiger partial charge in [-0.3, -0.25) is 4.79 Å². The van der Waals surface area contributed by atoms with Gasteiger partial charge in [0.1, 0.15) is 11.5 Å². The minimum absolute atomic E-state index is 0.0724. The molecule has 2 bridgehead atoms. The Labute approximate surface area is 132 Å². The van der Waals surface area contributed by atoms with Crippen molar-refractivity contribution in [3.8, 4) is 5.75 Å². The average Bonchev–Trinajstić information content (AvgIpc) is 2.51. The first-order chi connectivity index (χ1) is 10.8. The molecular formula is C16H18F2N2O3. The number of benzene rings is 1. The first-order valence-electron chi connectivity index (χ1n) is 7.42. The van der Waals surface area contributed by atoms with Gasteiger partial charge in [-0.05, 0) is 43.9 Å². The smallest absolute Gasteiger partial charge is 0.258 e. The third-order valence-electron chi connectivity index (χ3n) is 4.61. The van der Waals surface area contributed by atoms with Crippen molar-refractivity contribution in [2.45, 2.75) is 36.8 Å². The zero-order valence-corrected chi connectivity index (χ0v) is 12.4. The maximum Gasteiger partial charge on any atom is 0.258 e. The summed E-state index contributed by atoms with van der Waals surface area (Å²) in [5, 5.41) is 12.8. The van der Waals surface area contributed by atoms with E-state index in [0.29, 0.717) is 25.7 Å². The summed E-state index contributed by atoms with van der Waals surface area (Å²) in [6.07, 6.45) is 4.09. The molecule has 3 aliphatic carbocycles. The van der Waals surface area contributed by atoms with Crippen LogP contribution < -0.4 is 15.8 Å². The first kappa shape index (κ1) is 15.7. The van der Waals surface area contributed by atoms with Crippen LogP contribution in [0.4, 0.5) is 8.78 Å². The molecule has 0 aliphatic heterocycles. The van der Waals surface area contributed by atoms with Gasteiger partial charge in [0.05, 0.1) is 11.1 Å². The van der Waals surface area contributed by atoms with E-state index in [-0.39, 0.29) is 18.1 Å². The monoisotopic (exact) mass is 324 g/mol. The molecule has 1 fully saturated rings. The van der Waals surface area contributed by atoms with Gasteiger partial charge in [-0.1, -0.05) is 0 Å². The van der Waals surface area contributed by atoms with Crippen LogP contribution in [0.15, 0.2) is 30.0 Å². The van der Waals surface area contributed by atoms with E-state index in [1.165, 1.54) is 6.07 Å². The van der Waals surface area contributed by atoms with Crippen LogP contribution in [0.3, 0.4) is 0 Å². The molecule has 23 heavy (non-hydrogen) atoms. The summed E-state index contributed by atoms with van der Waals surface area (Å²) >= 11 is 0. The van der Waals surface area contributed by atoms with Crippen LogP contribution in [0.5, 0.6) is 5.75 Å². The zero-order valence-electron chi connectivity index (χ0n) is 12.4. The summed E-state index contributed by atoms with van der Waals surface area (Å²) in [5.74, 6) is -2.23. The topological polar surface area (TPSA) is 84.6 Å². The van der Waals surface area contributed by atoms with Crippen LogP contribution in [0, 0.1) is 11.6 Å². The molecule has 5 nitrogen and oxygen atoms in total. The molecule has 0 heterocycles. The van der Waals surface area contributed by atoms with Crippen molar-refractivity contribution in [1.82, 2.24) is 5.32 Å². The van der Waals surface area contributed by atoms with E-state index < -0.39 is 28.6 Å². The van der Waals surface area contributed by atoms with Crippen molar-refractivity contribution < 1.29 is 23.4 Å². The maximum absolute atomic E-state index is 13.1. The van der Waals surface area contributed by atoms with E-state index in [9.17, 15) is 18.7 Å². The highest BCUT2D eigenvalue weighted by Crippen LogP contribution is 2.43. The molecule has 3 aliphatic rings. The molecule has 1 aromatic carbocycles. The van der Waals surface area contributed by atoms with Crippen molar-refractivity contribution in [3.05, 3.63) is 41.7 Å². The lowest BCUT2D eigenvalue weighted by molar-refractivity contribution is -0.125. The lowest BCUT2D eigenvalue weighted by atomic mass is 9.66. The van der Waals surface area contributed by atoms with E-state index in [4.69, 9.17) is 10.5 Å². The van der Waals surface area contributed by atoms with Crippen molar-refractivity contribution in [2.24, 2.45) is 5.73 Å². The largest absolute Gasteiger partial charge is 0.511 e. The molecule has 1 saturated carbocycles. The van der Waals surface area contributed by atoms with Crippen LogP contribution in [0.2, 0.25) is 0 Å². The number of nitrogens with one attached hydrogen (secondary N) is 1. The number of rotatable bonds is 4. The molecule has 0 aromatic heterocycles. The predicted octanol–water partition coefficient (Wildman–Crippen LogP) is 1.93. The number of aliphatic hydroxyl groups is 1. The fourth-order valence-electron chi connectivity index (χ4n) is 3.14. The summed E-state index contributed by atoms with van der Waals surface area (Å²) < 4.78 is 31.1. The maximum atomic E-state index is 13.1. The molecule has 1 amide bonds. The Balaban J connectivity index is 1.61. The molecule has 4 rings (SSSR count). The van der Waals surface area contributed by atoms with E-state index in [1.54, 1.807) is 6.08 Å². The van der Waals surface area contributed by atoms with Gasteiger partial charge in [-0.25, -0.2) is 8.78 Å². The number of halogens is 2. The Morgan fingerprint density at radius 1 is 1.26 bits per heavy atom. The second kappa shape index (κ2) is 5.49. The molecule has 0 unspecified atom stereocenters. The predicted molar refractivity (Wildman–Crippen MR) is 78.8 cm³/mol. The highest BCUT2D eigenvalue weighted by Gasteiger charge is 2.48. The minimum Gasteiger partial charge on any atom is -0.511 e. The summed E-state index contributed by atoms with van der Waals surface area (Å²) in [5.41, 5.74) is 4.79. The number of hydrogen-bond acceptors (Lipinski definition) is 4. The zero-order chi connectivity index (χ0) is 16.7. The van der Waals surface area contributed by atoms with E-state index in [1.807, 2.05) is 0 Å². The number of carbonyl (C=O) groups is 1. The summed E-state index contributed by atoms with van der Waals surface area (Å²) in [4.78, 5) is 12.1. The number of amides is 1. The highest BCUT2D eigenvalue weighted by atomic mass is 19.2. The van der Waals surface area contributed by atoms with Gasteiger partial charge >= 0.3 is 0 Å². The number of carbonyl (C=O) groups excluding carboxylic acids is 1. The van der Waals surface area contributed by atoms with Gasteiger partial charge < -0.3 is 20.9 Å². The molecule has 1 aromatic rings. The Morgan fingerprint density at radius 3 is 2.57 bits per heavy atom. The minimum atomic E-state index is -1.03. The van der Waals surface area contributed by atoms with Gasteiger partial charge in [0.25, 0.3) is 5.91 Å². The third kappa shape index (κ3) is 3.01. The molecule has 7 heteroatoms. The van der Waals surface area contributed by atoms with Crippen molar-refractivity contribution >= 4 is 5.91 Å². The Bertz CT molecular complexity index is 667. The van der Waals surface area contributed by atoms with Crippen LogP contribution in [0.25, 0.3) is 0 Å². The number of hydrogen-bond donors (Lipinski definition) is 3. The van der Waals surface area contributed by atoms with Crippen molar-refractivity contribution in [3.63, 3.8) is 0 Å². The lowest BCUT2D eigenvalue weighted by Crippen LogP contribution is -2.61. The highest BCUT2D eigenvalue weighted by molar-refractivity contribution is 5.79. The van der Waals surface area contributed by atoms with Crippen LogP contribution in [-0.2, 0) is 4.79 Å². The van der Waals surface area contributed by atoms with Gasteiger partial charge in [0.15, 0.2) is 18.2 Å². The normalized spacial score (nSPS) is 29.1. The van der Waals surface area contributed by atoms with E-state index >= 15 is 0 Å². The molecule has 0 radical (unpaired) electrons. The van der Waals surface area contributed by atoms with E-state index in [0.717, 1.165) is 12.1 Å². The summed E-state index contributed by atoms with van der Waals surface area (Å²) in [6, 6.07) is 3.07. The lowest BCUT2D eigenvalue weighted by Gasteiger charge is -2.48. The van der Waals surface area contributed by atoms with Gasteiger partial charge in [0.2, 0.25) is 0 Å². The van der Waals surface area contributed by atoms with Gasteiger partial charge in [-0.15, -0.1) is 0 Å². The van der Waals surface area contributed by atoms with Crippen molar-refractivity contribution in [2.75, 3.05) is 6.61 Å². The van der Waals surface area contributed by atoms with Crippen LogP contribution >= 0.6 is 0 Å². The van der Waals surface area contributed by atoms with Gasteiger partial charge in [-0.2, -0.15) is 0 Å². The molecule has 0 saturated heterocycles. The molecular weight excluding hydrogens is 306 g/mol. The Kier molecular flexibility index (Phi) is 3.75. The van der Waals surface area contributed by atoms with Gasteiger partial charge in [0, 0.05) is 6.07 Å². The quantitative estimate of drug-likeness (QED) is 0.790. The molecule has 4 N–H and O–H groups in total. The summed E-state index contributed by atoms with van der Waals surface area (Å²) in [7, 11) is 0. The third-order valence-corrected chi connectivity index (χ3v) is 4.61. The van der Waals surface area contributed by atoms with Crippen LogP contribution in [0.1, 0.15) is 25.7 Å². The number of nitrogens with two attached hydrogens (primary N) is 1. The number of fused-ring (bicyclic) bond motifs is 2. The Morgan fingerprint density at radius 2 is 1.96 bits per heavy atom. The number of aliphatic hydroxyl groups excluding tert-OH is 1. The Hall–Kier alpha value is -2.15. The second-order valence-electron chi connectivity index (χ2n) is 6.25. The van der Waals surface area contributed by atoms with Crippen molar-refractivity contribution in [1.29, 1.82) is 0 Å². The standard InChI is InChI=1S/C16H18F2N2O3/c17-11-2-1-10(7-12(11)18)23-9-14(22)20-15-3-5-16(19,6-4-15)13(21)8-15/h1-2,7-8,21H,3-6,9,19H2,(H,20,22). The van der Waals surface area contributed by atoms with E-state index in [2.05, 4.69) is 5.32 Å². The fourth-order valence-corrected chi connectivity index (χ4v) is 3.14. The summed E-state index contributed by atoms with van der Waals surface area (Å²) in [6.45, 7) is -0.324.